The number of benzene rings is 1. The molecule has 0 aliphatic rings. The molecule has 0 spiro atoms. The molecule has 3 rings (SSSR count). The Bertz CT molecular complexity index is 880. The van der Waals surface area contributed by atoms with E-state index in [1.54, 1.807) is 24.7 Å². The molecule has 2 heterocycles. The van der Waals surface area contributed by atoms with Gasteiger partial charge in [-0.3, -0.25) is 9.78 Å². The predicted molar refractivity (Wildman–Crippen MR) is 96.6 cm³/mol. The van der Waals surface area contributed by atoms with E-state index in [9.17, 15) is 4.79 Å². The van der Waals surface area contributed by atoms with E-state index in [-0.39, 0.29) is 5.91 Å². The largest absolute Gasteiger partial charge is 0.347 e. The van der Waals surface area contributed by atoms with Gasteiger partial charge in [-0.15, -0.1) is 0 Å². The van der Waals surface area contributed by atoms with Gasteiger partial charge in [0.05, 0.1) is 0 Å². The number of anilines is 2. The first-order chi connectivity index (χ1) is 12.1. The van der Waals surface area contributed by atoms with Crippen LogP contribution >= 0.6 is 0 Å². The number of amides is 1. The van der Waals surface area contributed by atoms with Crippen LogP contribution in [0.15, 0.2) is 55.0 Å². The summed E-state index contributed by atoms with van der Waals surface area (Å²) in [6, 6.07) is 11.3. The van der Waals surface area contributed by atoms with E-state index in [2.05, 4.69) is 32.5 Å². The summed E-state index contributed by atoms with van der Waals surface area (Å²) in [6.45, 7) is 4.53. The lowest BCUT2D eigenvalue weighted by molar-refractivity contribution is 0.0946. The van der Waals surface area contributed by atoms with E-state index >= 15 is 0 Å². The minimum atomic E-state index is -0.248. The van der Waals surface area contributed by atoms with Gasteiger partial charge in [-0.1, -0.05) is 6.07 Å². The van der Waals surface area contributed by atoms with E-state index in [1.807, 2.05) is 37.3 Å². The maximum absolute atomic E-state index is 12.3. The van der Waals surface area contributed by atoms with Gasteiger partial charge < -0.3 is 10.6 Å². The highest BCUT2D eigenvalue weighted by Crippen LogP contribution is 2.17. The van der Waals surface area contributed by atoms with E-state index in [4.69, 9.17) is 0 Å². The first-order valence-electron chi connectivity index (χ1n) is 7.96. The number of hydrogen-bond donors (Lipinski definition) is 2. The van der Waals surface area contributed by atoms with Gasteiger partial charge >= 0.3 is 0 Å². The predicted octanol–water partition coefficient (Wildman–Crippen LogP) is 3.16. The first-order valence-corrected chi connectivity index (χ1v) is 7.96. The van der Waals surface area contributed by atoms with Gasteiger partial charge in [0.25, 0.3) is 5.91 Å². The Morgan fingerprint density at radius 2 is 1.80 bits per heavy atom. The molecule has 0 saturated carbocycles. The number of pyridine rings is 1. The van der Waals surface area contributed by atoms with Crippen LogP contribution in [-0.4, -0.2) is 20.9 Å². The van der Waals surface area contributed by atoms with Crippen molar-refractivity contribution >= 4 is 17.5 Å². The summed E-state index contributed by atoms with van der Waals surface area (Å²) in [5.74, 6) is 0.141. The van der Waals surface area contributed by atoms with Crippen LogP contribution in [0.4, 0.5) is 11.6 Å². The molecule has 2 N–H and O–H groups in total. The second-order valence-corrected chi connectivity index (χ2v) is 5.73. The van der Waals surface area contributed by atoms with Crippen LogP contribution in [0, 0.1) is 13.8 Å². The Kier molecular flexibility index (Phi) is 4.99. The third-order valence-electron chi connectivity index (χ3n) is 3.85. The zero-order valence-corrected chi connectivity index (χ0v) is 14.2. The minimum Gasteiger partial charge on any atom is -0.347 e. The Morgan fingerprint density at radius 1 is 1.00 bits per heavy atom. The number of nitrogens with zero attached hydrogens (tertiary/aromatic N) is 3. The lowest BCUT2D eigenvalue weighted by Gasteiger charge is -2.09. The maximum Gasteiger partial charge on any atom is 0.270 e. The number of hydrogen-bond acceptors (Lipinski definition) is 5. The van der Waals surface area contributed by atoms with E-state index in [1.165, 1.54) is 11.1 Å². The van der Waals surface area contributed by atoms with Crippen molar-refractivity contribution in [2.45, 2.75) is 20.4 Å². The quantitative estimate of drug-likeness (QED) is 0.750. The summed E-state index contributed by atoms with van der Waals surface area (Å²) in [6.07, 6.45) is 4.95. The zero-order chi connectivity index (χ0) is 17.6. The smallest absolute Gasteiger partial charge is 0.270 e. The number of carbonyl (C=O) groups is 1. The van der Waals surface area contributed by atoms with Crippen LogP contribution in [0.3, 0.4) is 0 Å². The van der Waals surface area contributed by atoms with Crippen molar-refractivity contribution in [3.8, 4) is 0 Å². The second-order valence-electron chi connectivity index (χ2n) is 5.73. The molecule has 0 radical (unpaired) electrons. The van der Waals surface area contributed by atoms with Gasteiger partial charge in [0.2, 0.25) is 5.95 Å². The number of carbonyl (C=O) groups excluding carboxylic acids is 1. The molecule has 6 heteroatoms. The first kappa shape index (κ1) is 16.6. The Balaban J connectivity index is 1.68. The number of rotatable bonds is 5. The lowest BCUT2D eigenvalue weighted by atomic mass is 10.1. The molecular weight excluding hydrogens is 314 g/mol. The highest BCUT2D eigenvalue weighted by Gasteiger charge is 2.09. The van der Waals surface area contributed by atoms with Gasteiger partial charge in [0.15, 0.2) is 0 Å². The second kappa shape index (κ2) is 7.53. The average Bonchev–Trinajstić information content (AvgIpc) is 2.64. The molecule has 0 unspecified atom stereocenters. The molecule has 0 aliphatic heterocycles. The summed E-state index contributed by atoms with van der Waals surface area (Å²) >= 11 is 0. The fourth-order valence-corrected chi connectivity index (χ4v) is 2.27. The normalized spacial score (nSPS) is 10.3. The van der Waals surface area contributed by atoms with Gasteiger partial charge in [0, 0.05) is 30.8 Å². The lowest BCUT2D eigenvalue weighted by Crippen LogP contribution is -2.24. The van der Waals surface area contributed by atoms with E-state index in [0.717, 1.165) is 11.3 Å². The molecule has 1 aromatic carbocycles. The number of aromatic nitrogens is 3. The molecule has 0 aliphatic carbocycles. The number of aryl methyl sites for hydroxylation is 2. The molecule has 0 saturated heterocycles. The standard InChI is InChI=1S/C19H19N5O/c1-13-3-4-16(11-14(13)2)23-19-21-10-7-17(24-19)18(25)22-12-15-5-8-20-9-6-15/h3-11H,12H2,1-2H3,(H,22,25)(H,21,23,24). The Morgan fingerprint density at radius 3 is 2.56 bits per heavy atom. The summed E-state index contributed by atoms with van der Waals surface area (Å²) in [5.41, 5.74) is 4.57. The van der Waals surface area contributed by atoms with Gasteiger partial charge in [-0.2, -0.15) is 0 Å². The molecule has 0 fully saturated rings. The maximum atomic E-state index is 12.3. The van der Waals surface area contributed by atoms with Gasteiger partial charge in [0.1, 0.15) is 5.69 Å². The molecule has 0 atom stereocenters. The highest BCUT2D eigenvalue weighted by molar-refractivity contribution is 5.92. The van der Waals surface area contributed by atoms with Crippen LogP contribution in [0.2, 0.25) is 0 Å². The molecule has 1 amide bonds. The van der Waals surface area contributed by atoms with Crippen LogP contribution in [0.5, 0.6) is 0 Å². The molecule has 6 nitrogen and oxygen atoms in total. The van der Waals surface area contributed by atoms with Crippen LogP contribution in [0.1, 0.15) is 27.2 Å². The van der Waals surface area contributed by atoms with Gasteiger partial charge in [-0.25, -0.2) is 9.97 Å². The van der Waals surface area contributed by atoms with Crippen molar-refractivity contribution < 1.29 is 4.79 Å². The average molecular weight is 333 g/mol. The highest BCUT2D eigenvalue weighted by atomic mass is 16.1. The van der Waals surface area contributed by atoms with E-state index in [0.29, 0.717) is 18.2 Å². The van der Waals surface area contributed by atoms with E-state index < -0.39 is 0 Å². The summed E-state index contributed by atoms with van der Waals surface area (Å²) in [7, 11) is 0. The Labute approximate surface area is 146 Å². The third-order valence-corrected chi connectivity index (χ3v) is 3.85. The van der Waals surface area contributed by atoms with Crippen molar-refractivity contribution in [2.24, 2.45) is 0 Å². The topological polar surface area (TPSA) is 79.8 Å². The van der Waals surface area contributed by atoms with Crippen LogP contribution in [-0.2, 0) is 6.54 Å². The summed E-state index contributed by atoms with van der Waals surface area (Å²) in [4.78, 5) is 24.7. The van der Waals surface area contributed by atoms with Crippen LogP contribution < -0.4 is 10.6 Å². The SMILES string of the molecule is Cc1ccc(Nc2nccc(C(=O)NCc3ccncc3)n2)cc1C. The van der Waals surface area contributed by atoms with Crippen molar-refractivity contribution in [3.63, 3.8) is 0 Å². The minimum absolute atomic E-state index is 0.248. The Hall–Kier alpha value is -3.28. The molecule has 3 aromatic rings. The molecule has 0 bridgehead atoms. The fraction of sp³-hybridized carbons (Fsp3) is 0.158. The van der Waals surface area contributed by atoms with Crippen LogP contribution in [0.25, 0.3) is 0 Å². The monoisotopic (exact) mass is 333 g/mol. The summed E-state index contributed by atoms with van der Waals surface area (Å²) in [5, 5.41) is 5.97. The van der Waals surface area contributed by atoms with Crippen molar-refractivity contribution in [1.29, 1.82) is 0 Å². The molecule has 2 aromatic heterocycles. The fourth-order valence-electron chi connectivity index (χ4n) is 2.27. The number of nitrogens with one attached hydrogen (secondary N) is 2. The molecule has 25 heavy (non-hydrogen) atoms. The summed E-state index contributed by atoms with van der Waals surface area (Å²) < 4.78 is 0. The van der Waals surface area contributed by atoms with Crippen molar-refractivity contribution in [3.05, 3.63) is 77.4 Å². The zero-order valence-electron chi connectivity index (χ0n) is 14.2. The molecule has 126 valence electrons. The van der Waals surface area contributed by atoms with Crippen molar-refractivity contribution in [2.75, 3.05) is 5.32 Å². The molecular formula is C19H19N5O. The van der Waals surface area contributed by atoms with Crippen molar-refractivity contribution in [1.82, 2.24) is 20.3 Å². The third kappa shape index (κ3) is 4.38. The van der Waals surface area contributed by atoms with Gasteiger partial charge in [-0.05, 0) is 60.9 Å².